The minimum absolute atomic E-state index is 0.0414. The first-order valence-electron chi connectivity index (χ1n) is 10.3. The van der Waals surface area contributed by atoms with Crippen LogP contribution in [0, 0.1) is 12.7 Å². The van der Waals surface area contributed by atoms with Crippen molar-refractivity contribution >= 4 is 21.8 Å². The normalized spacial score (nSPS) is 16.8. The Morgan fingerprint density at radius 2 is 1.91 bits per heavy atom. The summed E-state index contributed by atoms with van der Waals surface area (Å²) in [7, 11) is -2.50. The highest BCUT2D eigenvalue weighted by atomic mass is 32.2. The van der Waals surface area contributed by atoms with E-state index in [0.29, 0.717) is 24.3 Å². The molecule has 1 heterocycles. The number of methoxy groups -OCH3 is 1. The Balaban J connectivity index is 1.62. The lowest BCUT2D eigenvalue weighted by Crippen LogP contribution is -2.53. The van der Waals surface area contributed by atoms with Gasteiger partial charge >= 0.3 is 11.8 Å². The van der Waals surface area contributed by atoms with E-state index in [1.807, 2.05) is 0 Å². The topological polar surface area (TPSA) is 114 Å². The molecule has 9 nitrogen and oxygen atoms in total. The van der Waals surface area contributed by atoms with Crippen molar-refractivity contribution in [3.63, 3.8) is 0 Å². The van der Waals surface area contributed by atoms with Gasteiger partial charge in [0.15, 0.2) is 0 Å². The first-order chi connectivity index (χ1) is 15.7. The Hall–Kier alpha value is -3.02. The van der Waals surface area contributed by atoms with Crippen molar-refractivity contribution in [1.29, 1.82) is 0 Å². The number of hydrogen-bond acceptors (Lipinski definition) is 6. The highest BCUT2D eigenvalue weighted by Crippen LogP contribution is 2.25. The molecule has 3 rings (SSSR count). The van der Waals surface area contributed by atoms with Gasteiger partial charge in [-0.15, -0.1) is 0 Å². The predicted molar refractivity (Wildman–Crippen MR) is 117 cm³/mol. The zero-order valence-corrected chi connectivity index (χ0v) is 19.2. The van der Waals surface area contributed by atoms with Crippen LogP contribution in [0.1, 0.15) is 17.5 Å². The Morgan fingerprint density at radius 1 is 1.18 bits per heavy atom. The van der Waals surface area contributed by atoms with Gasteiger partial charge in [0, 0.05) is 18.7 Å². The third kappa shape index (κ3) is 5.86. The summed E-state index contributed by atoms with van der Waals surface area (Å²) >= 11 is 0. The van der Waals surface area contributed by atoms with E-state index in [0.717, 1.165) is 16.4 Å². The van der Waals surface area contributed by atoms with Crippen LogP contribution in [-0.2, 0) is 30.9 Å². The summed E-state index contributed by atoms with van der Waals surface area (Å²) < 4.78 is 51.6. The number of sulfonamides is 1. The maximum absolute atomic E-state index is 13.4. The Morgan fingerprint density at radius 3 is 2.64 bits per heavy atom. The molecule has 1 aliphatic rings. The maximum atomic E-state index is 13.4. The molecule has 2 amide bonds. The quantitative estimate of drug-likeness (QED) is 0.579. The van der Waals surface area contributed by atoms with Gasteiger partial charge in [-0.3, -0.25) is 9.59 Å². The molecule has 0 aromatic heterocycles. The van der Waals surface area contributed by atoms with Crippen LogP contribution in [0.2, 0.25) is 0 Å². The average molecular weight is 480 g/mol. The highest BCUT2D eigenvalue weighted by Gasteiger charge is 2.35. The van der Waals surface area contributed by atoms with Crippen LogP contribution in [0.25, 0.3) is 0 Å². The summed E-state index contributed by atoms with van der Waals surface area (Å²) in [4.78, 5) is 24.4. The minimum atomic E-state index is -4.00. The van der Waals surface area contributed by atoms with Crippen molar-refractivity contribution in [2.45, 2.75) is 31.0 Å². The molecule has 11 heteroatoms. The number of para-hydroxylation sites is 1. The van der Waals surface area contributed by atoms with Crippen molar-refractivity contribution in [2.75, 3.05) is 26.8 Å². The molecule has 33 heavy (non-hydrogen) atoms. The summed E-state index contributed by atoms with van der Waals surface area (Å²) in [5, 5.41) is 4.92. The molecular weight excluding hydrogens is 453 g/mol. The molecule has 0 unspecified atom stereocenters. The number of nitrogens with one attached hydrogen (secondary N) is 2. The number of nitrogens with zero attached hydrogens (tertiary/aromatic N) is 1. The van der Waals surface area contributed by atoms with E-state index in [1.54, 1.807) is 24.3 Å². The van der Waals surface area contributed by atoms with E-state index in [2.05, 4.69) is 10.6 Å². The molecule has 2 aromatic carbocycles. The van der Waals surface area contributed by atoms with E-state index >= 15 is 0 Å². The van der Waals surface area contributed by atoms with Crippen LogP contribution in [0.15, 0.2) is 47.4 Å². The molecule has 0 saturated carbocycles. The van der Waals surface area contributed by atoms with Gasteiger partial charge in [-0.1, -0.05) is 18.2 Å². The largest absolute Gasteiger partial charge is 0.496 e. The first-order valence-corrected chi connectivity index (χ1v) is 11.8. The van der Waals surface area contributed by atoms with Crippen molar-refractivity contribution in [3.8, 4) is 5.75 Å². The number of amides is 2. The van der Waals surface area contributed by atoms with Crippen molar-refractivity contribution in [3.05, 3.63) is 59.4 Å². The Bertz CT molecular complexity index is 1120. The van der Waals surface area contributed by atoms with E-state index in [-0.39, 0.29) is 30.1 Å². The maximum Gasteiger partial charge on any atom is 0.309 e. The SMILES string of the molecule is COc1ccccc1CNC(=O)C(=O)NC[C@H]1OCCCN1S(=O)(=O)c1ccc(F)cc1C. The van der Waals surface area contributed by atoms with Crippen LogP contribution in [-0.4, -0.2) is 57.6 Å². The van der Waals surface area contributed by atoms with E-state index in [1.165, 1.54) is 20.1 Å². The molecule has 0 bridgehead atoms. The van der Waals surface area contributed by atoms with Gasteiger partial charge in [-0.25, -0.2) is 12.8 Å². The van der Waals surface area contributed by atoms with Crippen LogP contribution in [0.3, 0.4) is 0 Å². The van der Waals surface area contributed by atoms with Gasteiger partial charge in [0.2, 0.25) is 10.0 Å². The number of ether oxygens (including phenoxy) is 2. The number of halogens is 1. The summed E-state index contributed by atoms with van der Waals surface area (Å²) in [6.07, 6.45) is -0.539. The number of aryl methyl sites for hydroxylation is 1. The lowest BCUT2D eigenvalue weighted by Gasteiger charge is -2.34. The van der Waals surface area contributed by atoms with Crippen molar-refractivity contribution in [1.82, 2.24) is 14.9 Å². The van der Waals surface area contributed by atoms with Crippen LogP contribution < -0.4 is 15.4 Å². The van der Waals surface area contributed by atoms with E-state index < -0.39 is 33.9 Å². The number of carbonyl (C=O) groups excluding carboxylic acids is 2. The zero-order chi connectivity index (χ0) is 24.0. The van der Waals surface area contributed by atoms with Crippen LogP contribution in [0.4, 0.5) is 4.39 Å². The molecule has 2 aromatic rings. The minimum Gasteiger partial charge on any atom is -0.496 e. The molecule has 1 atom stereocenters. The average Bonchev–Trinajstić information content (AvgIpc) is 2.81. The Labute approximate surface area is 191 Å². The summed E-state index contributed by atoms with van der Waals surface area (Å²) in [5.74, 6) is -1.76. The fraction of sp³-hybridized carbons (Fsp3) is 0.364. The van der Waals surface area contributed by atoms with Crippen LogP contribution in [0.5, 0.6) is 5.75 Å². The third-order valence-electron chi connectivity index (χ3n) is 5.15. The van der Waals surface area contributed by atoms with Gasteiger partial charge in [0.05, 0.1) is 25.2 Å². The summed E-state index contributed by atoms with van der Waals surface area (Å²) in [6, 6.07) is 10.5. The second-order valence-electron chi connectivity index (χ2n) is 7.41. The van der Waals surface area contributed by atoms with Gasteiger partial charge in [-0.2, -0.15) is 4.31 Å². The fourth-order valence-electron chi connectivity index (χ4n) is 3.50. The lowest BCUT2D eigenvalue weighted by atomic mass is 10.2. The van der Waals surface area contributed by atoms with Gasteiger partial charge in [0.25, 0.3) is 0 Å². The van der Waals surface area contributed by atoms with Gasteiger partial charge in [-0.05, 0) is 43.2 Å². The Kier molecular flexibility index (Phi) is 8.01. The monoisotopic (exact) mass is 479 g/mol. The smallest absolute Gasteiger partial charge is 0.309 e. The zero-order valence-electron chi connectivity index (χ0n) is 18.3. The second kappa shape index (κ2) is 10.7. The van der Waals surface area contributed by atoms with Gasteiger partial charge < -0.3 is 20.1 Å². The van der Waals surface area contributed by atoms with Crippen LogP contribution >= 0.6 is 0 Å². The molecule has 0 aliphatic carbocycles. The molecule has 1 aliphatic heterocycles. The molecule has 1 fully saturated rings. The standard InChI is InChI=1S/C22H26FN3O6S/c1-15-12-17(23)8-9-19(15)33(29,30)26-10-5-11-32-20(26)14-25-22(28)21(27)24-13-16-6-3-4-7-18(16)31-2/h3-4,6-9,12,20H,5,10-11,13-14H2,1-2H3,(H,24,27)(H,25,28)/t20-/m1/s1. The molecule has 2 N–H and O–H groups in total. The number of benzene rings is 2. The third-order valence-corrected chi connectivity index (χ3v) is 7.20. The second-order valence-corrected chi connectivity index (χ2v) is 9.27. The number of carbonyl (C=O) groups is 2. The first kappa shape index (κ1) is 24.6. The molecule has 1 saturated heterocycles. The summed E-state index contributed by atoms with van der Waals surface area (Å²) in [6.45, 7) is 1.83. The van der Waals surface area contributed by atoms with Crippen molar-refractivity contribution in [2.24, 2.45) is 0 Å². The molecule has 0 spiro atoms. The molecule has 178 valence electrons. The van der Waals surface area contributed by atoms with Gasteiger partial charge in [0.1, 0.15) is 17.8 Å². The fourth-order valence-corrected chi connectivity index (χ4v) is 5.27. The number of rotatable bonds is 7. The van der Waals surface area contributed by atoms with E-state index in [4.69, 9.17) is 9.47 Å². The molecular formula is C22H26FN3O6S. The summed E-state index contributed by atoms with van der Waals surface area (Å²) in [5.41, 5.74) is 0.961. The predicted octanol–water partition coefficient (Wildman–Crippen LogP) is 1.31. The lowest BCUT2D eigenvalue weighted by molar-refractivity contribution is -0.140. The highest BCUT2D eigenvalue weighted by molar-refractivity contribution is 7.89. The molecule has 0 radical (unpaired) electrons. The van der Waals surface area contributed by atoms with Crippen molar-refractivity contribution < 1.29 is 31.9 Å². The van der Waals surface area contributed by atoms with E-state index in [9.17, 15) is 22.4 Å². The number of hydrogen-bond donors (Lipinski definition) is 2.